The zero-order valence-corrected chi connectivity index (χ0v) is 31.9. The van der Waals surface area contributed by atoms with Crippen LogP contribution >= 0.6 is 24.8 Å². The van der Waals surface area contributed by atoms with Crippen molar-refractivity contribution in [2.75, 3.05) is 0 Å². The van der Waals surface area contributed by atoms with E-state index in [-0.39, 0.29) is 24.8 Å². The molecule has 0 aromatic heterocycles. The van der Waals surface area contributed by atoms with E-state index in [2.05, 4.69) is 113 Å². The molecule has 4 aromatic rings. The molecule has 218 valence electrons. The Kier molecular flexibility index (Phi) is 23.1. The Hall–Kier alpha value is -2.15. The molecule has 0 heterocycles. The monoisotopic (exact) mass is 730 g/mol. The predicted molar refractivity (Wildman–Crippen MR) is 186 cm³/mol. The zero-order valence-electron chi connectivity index (χ0n) is 24.9. The molecule has 4 aromatic carbocycles. The van der Waals surface area contributed by atoms with E-state index >= 15 is 0 Å². The molecule has 4 heteroatoms. The molecule has 2 unspecified atom stereocenters. The van der Waals surface area contributed by atoms with E-state index in [1.54, 1.807) is 21.6 Å². The van der Waals surface area contributed by atoms with Gasteiger partial charge in [-0.05, 0) is 0 Å². The molecule has 0 nitrogen and oxygen atoms in total. The summed E-state index contributed by atoms with van der Waals surface area (Å²) in [5.74, 6) is 0.936. The van der Waals surface area contributed by atoms with Crippen LogP contribution in [0, 0.1) is 36.1 Å². The van der Waals surface area contributed by atoms with Crippen molar-refractivity contribution in [3.05, 3.63) is 180 Å². The molecule has 0 amide bonds. The van der Waals surface area contributed by atoms with Gasteiger partial charge in [-0.15, -0.1) is 35.9 Å². The van der Waals surface area contributed by atoms with Gasteiger partial charge in [-0.25, -0.2) is 11.1 Å². The third kappa shape index (κ3) is 15.4. The third-order valence-corrected chi connectivity index (χ3v) is 5.91. The molecule has 0 N–H and O–H groups in total. The SMILES string of the molecule is CC1=[C-]C(C)C=C1c1ccccc1.CC1=[C-]C(C)C=C1c1ccccc1.Cl.Cl.[GeH2]=[Zr].[c-]1ccccc1.[c-]1ccccc1. The molecule has 0 fully saturated rings. The van der Waals surface area contributed by atoms with Crippen LogP contribution in [0.1, 0.15) is 38.8 Å². The average Bonchev–Trinajstić information content (AvgIpc) is 3.56. The Morgan fingerprint density at radius 1 is 0.500 bits per heavy atom. The van der Waals surface area contributed by atoms with Crippen LogP contribution in [0.4, 0.5) is 0 Å². The summed E-state index contributed by atoms with van der Waals surface area (Å²) >= 11 is 3.14. The fourth-order valence-corrected chi connectivity index (χ4v) is 4.22. The number of benzene rings is 4. The van der Waals surface area contributed by atoms with E-state index in [1.165, 1.54) is 45.6 Å². The second-order valence-corrected chi connectivity index (χ2v) is 9.16. The van der Waals surface area contributed by atoms with Crippen molar-refractivity contribution in [1.29, 1.82) is 0 Å². The molecule has 0 saturated carbocycles. The molecule has 0 bridgehead atoms. The van der Waals surface area contributed by atoms with Crippen LogP contribution < -0.4 is 0 Å². The summed E-state index contributed by atoms with van der Waals surface area (Å²) in [6.45, 7) is 8.59. The van der Waals surface area contributed by atoms with E-state index in [1.807, 2.05) is 72.8 Å². The maximum absolute atomic E-state index is 3.39. The van der Waals surface area contributed by atoms with Gasteiger partial charge < -0.3 is 0 Å². The van der Waals surface area contributed by atoms with Crippen molar-refractivity contribution in [2.24, 2.45) is 11.8 Å². The van der Waals surface area contributed by atoms with Crippen LogP contribution in [-0.4, -0.2) is 12.1 Å². The van der Waals surface area contributed by atoms with Crippen LogP contribution in [0.25, 0.3) is 11.1 Å². The minimum Gasteiger partial charge on any atom is -0.184 e. The van der Waals surface area contributed by atoms with Crippen molar-refractivity contribution in [1.82, 2.24) is 0 Å². The number of rotatable bonds is 2. The van der Waals surface area contributed by atoms with E-state index in [4.69, 9.17) is 0 Å². The average molecular weight is 731 g/mol. The Morgan fingerprint density at radius 3 is 0.976 bits per heavy atom. The van der Waals surface area contributed by atoms with E-state index in [0.717, 1.165) is 0 Å². The van der Waals surface area contributed by atoms with Crippen LogP contribution in [0.2, 0.25) is 0 Å². The van der Waals surface area contributed by atoms with Crippen LogP contribution in [0.15, 0.2) is 145 Å². The van der Waals surface area contributed by atoms with Crippen molar-refractivity contribution in [3.63, 3.8) is 0 Å². The molecule has 2 atom stereocenters. The van der Waals surface area contributed by atoms with Gasteiger partial charge in [-0.2, -0.15) is 96.1 Å². The molecule has 42 heavy (non-hydrogen) atoms. The van der Waals surface area contributed by atoms with Gasteiger partial charge in [0.05, 0.1) is 0 Å². The first-order chi connectivity index (χ1) is 19.5. The molecular formula is C38H40Cl2GeZr-4. The quantitative estimate of drug-likeness (QED) is 0.142. The summed E-state index contributed by atoms with van der Waals surface area (Å²) in [5.41, 5.74) is 7.84. The van der Waals surface area contributed by atoms with Gasteiger partial charge in [-0.1, -0.05) is 100 Å². The molecule has 6 rings (SSSR count). The van der Waals surface area contributed by atoms with Crippen molar-refractivity contribution >= 4 is 48.1 Å². The van der Waals surface area contributed by atoms with Gasteiger partial charge >= 0.3 is 33.7 Å². The Morgan fingerprint density at radius 2 is 0.786 bits per heavy atom. The third-order valence-electron chi connectivity index (χ3n) is 5.91. The van der Waals surface area contributed by atoms with Crippen molar-refractivity contribution in [3.8, 4) is 0 Å². The topological polar surface area (TPSA) is 0 Å². The van der Waals surface area contributed by atoms with E-state index in [9.17, 15) is 0 Å². The summed E-state index contributed by atoms with van der Waals surface area (Å²) in [6, 6.07) is 46.0. The first kappa shape index (κ1) is 39.8. The summed E-state index contributed by atoms with van der Waals surface area (Å²) in [7, 11) is 0. The zero-order chi connectivity index (χ0) is 29.0. The van der Waals surface area contributed by atoms with Crippen LogP contribution in [-0.2, 0) is 21.6 Å². The minimum absolute atomic E-state index is 0. The molecule has 0 spiro atoms. The molecule has 0 saturated heterocycles. The fourth-order valence-electron chi connectivity index (χ4n) is 4.22. The van der Waals surface area contributed by atoms with Gasteiger partial charge in [0, 0.05) is 0 Å². The standard InChI is InChI=1S/2C13H13.2C6H5.2ClH.GeH2.Zr/c2*1-10-8-11(2)13(9-10)12-6-4-3-5-7-12;2*1-2-4-6-5-3-1;;;;/h2*3-7,9-10H,1-2H3;2*1-5H;2*1H;1H2;/q4*-1;;;;. The number of hydrogen-bond donors (Lipinski definition) is 0. The summed E-state index contributed by atoms with van der Waals surface area (Å²) in [5, 5.41) is 0. The van der Waals surface area contributed by atoms with Gasteiger partial charge in [0.2, 0.25) is 0 Å². The van der Waals surface area contributed by atoms with Crippen LogP contribution in [0.3, 0.4) is 0 Å². The van der Waals surface area contributed by atoms with E-state index in [0.29, 0.717) is 11.8 Å². The van der Waals surface area contributed by atoms with Gasteiger partial charge in [0.1, 0.15) is 0 Å². The molecule has 2 aliphatic rings. The Bertz CT molecular complexity index is 1190. The second-order valence-electron chi connectivity index (χ2n) is 9.16. The summed E-state index contributed by atoms with van der Waals surface area (Å²) in [6.07, 6.45) is 11.3. The fraction of sp³-hybridized carbons (Fsp3) is 0.158. The predicted octanol–water partition coefficient (Wildman–Crippen LogP) is 9.84. The molecule has 0 radical (unpaired) electrons. The van der Waals surface area contributed by atoms with Crippen LogP contribution in [0.5, 0.6) is 0 Å². The first-order valence-electron chi connectivity index (χ1n) is 13.5. The summed E-state index contributed by atoms with van der Waals surface area (Å²) in [4.78, 5) is 0. The normalized spacial score (nSPS) is 15.5. The molecule has 0 aliphatic heterocycles. The van der Waals surface area contributed by atoms with E-state index < -0.39 is 0 Å². The van der Waals surface area contributed by atoms with Crippen molar-refractivity contribution < 1.29 is 21.6 Å². The van der Waals surface area contributed by atoms with Gasteiger partial charge in [-0.3, -0.25) is 12.2 Å². The number of hydrogen-bond acceptors (Lipinski definition) is 0. The first-order valence-corrected chi connectivity index (χ1v) is 24.0. The van der Waals surface area contributed by atoms with Crippen molar-refractivity contribution in [2.45, 2.75) is 27.7 Å². The smallest absolute Gasteiger partial charge is 0.171 e. The van der Waals surface area contributed by atoms with Gasteiger partial charge in [0.15, 0.2) is 0 Å². The maximum atomic E-state index is 3.39. The maximum Gasteiger partial charge on any atom is -0.171 e. The second kappa shape index (κ2) is 24.3. The number of allylic oxidation sites excluding steroid dienone is 8. The Labute approximate surface area is 287 Å². The molecule has 2 aliphatic carbocycles. The van der Waals surface area contributed by atoms with Gasteiger partial charge in [0.25, 0.3) is 0 Å². The minimum atomic E-state index is 0. The largest absolute Gasteiger partial charge is 0.184 e. The summed E-state index contributed by atoms with van der Waals surface area (Å²) < 4.78 is 0. The molecular weight excluding hydrogens is 691 g/mol. The Balaban J connectivity index is 0.000000543. The number of halogens is 2.